The molecule has 2 N–H and O–H groups in total. The van der Waals surface area contributed by atoms with Gasteiger partial charge in [-0.2, -0.15) is 0 Å². The molecule has 5 nitrogen and oxygen atoms in total. The third-order valence-electron chi connectivity index (χ3n) is 3.54. The number of ether oxygens (including phenoxy) is 1. The third kappa shape index (κ3) is 6.01. The third-order valence-corrected chi connectivity index (χ3v) is 3.54. The van der Waals surface area contributed by atoms with E-state index in [0.29, 0.717) is 5.56 Å². The molecule has 0 aliphatic rings. The predicted molar refractivity (Wildman–Crippen MR) is 104 cm³/mol. The number of phenolic OH excluding ortho intramolecular Hbond substituents is 1. The summed E-state index contributed by atoms with van der Waals surface area (Å²) in [4.78, 5) is 24.6. The summed E-state index contributed by atoms with van der Waals surface area (Å²) in [6.45, 7) is 1.69. The number of aliphatic hydroxyl groups is 1. The van der Waals surface area contributed by atoms with Gasteiger partial charge in [-0.25, -0.2) is 4.79 Å². The Hall–Kier alpha value is -3.60. The van der Waals surface area contributed by atoms with Crippen LogP contribution in [-0.4, -0.2) is 28.6 Å². The van der Waals surface area contributed by atoms with Gasteiger partial charge in [-0.15, -0.1) is 0 Å². The molecule has 0 saturated heterocycles. The molecule has 0 amide bonds. The Morgan fingerprint density at radius 3 is 2.15 bits per heavy atom. The van der Waals surface area contributed by atoms with E-state index in [1.165, 1.54) is 30.4 Å². The molecule has 0 spiro atoms. The Morgan fingerprint density at radius 2 is 1.52 bits per heavy atom. The van der Waals surface area contributed by atoms with Crippen LogP contribution in [-0.2, 0) is 14.3 Å². The van der Waals surface area contributed by atoms with Crippen molar-refractivity contribution in [2.75, 3.05) is 6.61 Å². The molecular weight excluding hydrogens is 344 g/mol. The molecule has 0 unspecified atom stereocenters. The van der Waals surface area contributed by atoms with Gasteiger partial charge < -0.3 is 14.9 Å². The molecule has 0 aliphatic heterocycles. The van der Waals surface area contributed by atoms with Crippen LogP contribution in [0.1, 0.15) is 18.1 Å². The Balaban J connectivity index is 2.29. The van der Waals surface area contributed by atoms with Crippen LogP contribution in [0.4, 0.5) is 0 Å². The van der Waals surface area contributed by atoms with Gasteiger partial charge in [-0.05, 0) is 42.3 Å². The maximum absolute atomic E-state index is 12.5. The number of ketones is 1. The van der Waals surface area contributed by atoms with Gasteiger partial charge in [0.2, 0.25) is 0 Å². The highest BCUT2D eigenvalue weighted by Crippen LogP contribution is 2.14. The van der Waals surface area contributed by atoms with Gasteiger partial charge >= 0.3 is 5.97 Å². The van der Waals surface area contributed by atoms with Crippen LogP contribution in [0.2, 0.25) is 0 Å². The minimum atomic E-state index is -0.895. The van der Waals surface area contributed by atoms with E-state index in [2.05, 4.69) is 0 Å². The molecule has 2 rings (SSSR count). The summed E-state index contributed by atoms with van der Waals surface area (Å²) >= 11 is 0. The van der Waals surface area contributed by atoms with Gasteiger partial charge in [0.1, 0.15) is 17.1 Å². The number of carbonyl (C=O) groups is 2. The molecule has 0 radical (unpaired) electrons. The first-order valence-electron chi connectivity index (χ1n) is 8.36. The topological polar surface area (TPSA) is 83.8 Å². The van der Waals surface area contributed by atoms with Crippen LogP contribution in [0, 0.1) is 0 Å². The summed E-state index contributed by atoms with van der Waals surface area (Å²) in [5, 5.41) is 19.6. The normalized spacial score (nSPS) is 12.2. The Bertz CT molecular complexity index is 875. The van der Waals surface area contributed by atoms with Crippen LogP contribution in [0.25, 0.3) is 12.2 Å². The van der Waals surface area contributed by atoms with E-state index in [4.69, 9.17) is 4.74 Å². The summed E-state index contributed by atoms with van der Waals surface area (Å²) in [5.74, 6) is -1.95. The summed E-state index contributed by atoms with van der Waals surface area (Å²) in [5.41, 5.74) is 1.02. The predicted octanol–water partition coefficient (Wildman–Crippen LogP) is 4.06. The van der Waals surface area contributed by atoms with E-state index < -0.39 is 23.1 Å². The maximum atomic E-state index is 12.5. The highest BCUT2D eigenvalue weighted by Gasteiger charge is 2.21. The molecule has 0 fully saturated rings. The second kappa shape index (κ2) is 9.77. The van der Waals surface area contributed by atoms with Crippen molar-refractivity contribution < 1.29 is 24.5 Å². The molecule has 0 aliphatic carbocycles. The molecule has 2 aromatic rings. The summed E-state index contributed by atoms with van der Waals surface area (Å²) < 4.78 is 4.89. The number of benzene rings is 2. The number of allylic oxidation sites excluding steroid dienone is 2. The van der Waals surface area contributed by atoms with Gasteiger partial charge in [0.15, 0.2) is 5.78 Å². The smallest absolute Gasteiger partial charge is 0.345 e. The first-order valence-corrected chi connectivity index (χ1v) is 8.36. The second-order valence-electron chi connectivity index (χ2n) is 5.51. The minimum Gasteiger partial charge on any atom is -0.508 e. The van der Waals surface area contributed by atoms with Crippen molar-refractivity contribution in [3.05, 3.63) is 89.2 Å². The zero-order valence-electron chi connectivity index (χ0n) is 14.8. The highest BCUT2D eigenvalue weighted by molar-refractivity contribution is 6.23. The lowest BCUT2D eigenvalue weighted by Gasteiger charge is -2.05. The van der Waals surface area contributed by atoms with E-state index in [9.17, 15) is 19.8 Å². The summed E-state index contributed by atoms with van der Waals surface area (Å²) in [6, 6.07) is 15.3. The first-order chi connectivity index (χ1) is 13.0. The van der Waals surface area contributed by atoms with Crippen molar-refractivity contribution in [3.63, 3.8) is 0 Å². The van der Waals surface area contributed by atoms with Crippen LogP contribution in [0.5, 0.6) is 5.75 Å². The average Bonchev–Trinajstić information content (AvgIpc) is 2.67. The Labute approximate surface area is 157 Å². The molecule has 2 aromatic carbocycles. The van der Waals surface area contributed by atoms with E-state index in [1.807, 2.05) is 30.3 Å². The minimum absolute atomic E-state index is 0.0764. The number of phenols is 1. The zero-order valence-corrected chi connectivity index (χ0v) is 14.8. The molecular formula is C22H20O5. The fourth-order valence-electron chi connectivity index (χ4n) is 2.20. The first kappa shape index (κ1) is 19.7. The monoisotopic (exact) mass is 364 g/mol. The van der Waals surface area contributed by atoms with Crippen molar-refractivity contribution in [3.8, 4) is 5.75 Å². The molecule has 138 valence electrons. The van der Waals surface area contributed by atoms with Crippen LogP contribution >= 0.6 is 0 Å². The van der Waals surface area contributed by atoms with Crippen molar-refractivity contribution in [1.82, 2.24) is 0 Å². The number of rotatable bonds is 7. The molecule has 0 saturated carbocycles. The van der Waals surface area contributed by atoms with Gasteiger partial charge in [0.25, 0.3) is 0 Å². The van der Waals surface area contributed by atoms with Gasteiger partial charge in [-0.3, -0.25) is 4.79 Å². The lowest BCUT2D eigenvalue weighted by atomic mass is 10.1. The number of carbonyl (C=O) groups excluding carboxylic acids is 2. The van der Waals surface area contributed by atoms with Crippen molar-refractivity contribution >= 4 is 23.9 Å². The van der Waals surface area contributed by atoms with Crippen molar-refractivity contribution in [2.24, 2.45) is 0 Å². The lowest BCUT2D eigenvalue weighted by molar-refractivity contribution is -0.139. The summed E-state index contributed by atoms with van der Waals surface area (Å²) in [6.07, 6.45) is 5.53. The fraction of sp³-hybridized carbons (Fsp3) is 0.0909. The average molecular weight is 364 g/mol. The largest absolute Gasteiger partial charge is 0.508 e. The molecule has 27 heavy (non-hydrogen) atoms. The van der Waals surface area contributed by atoms with E-state index >= 15 is 0 Å². The number of hydrogen-bond acceptors (Lipinski definition) is 5. The fourth-order valence-corrected chi connectivity index (χ4v) is 2.20. The van der Waals surface area contributed by atoms with Crippen molar-refractivity contribution in [2.45, 2.75) is 6.92 Å². The van der Waals surface area contributed by atoms with E-state index in [-0.39, 0.29) is 12.4 Å². The highest BCUT2D eigenvalue weighted by atomic mass is 16.5. The SMILES string of the molecule is CCOC(=O)/C(C(=O)/C=C/c1ccc(O)cc1)=C(O)\C=C\c1ccccc1. The Kier molecular flexibility index (Phi) is 7.14. The van der Waals surface area contributed by atoms with Crippen LogP contribution in [0.3, 0.4) is 0 Å². The zero-order chi connectivity index (χ0) is 19.6. The molecule has 0 atom stereocenters. The quantitative estimate of drug-likeness (QED) is 0.193. The summed E-state index contributed by atoms with van der Waals surface area (Å²) in [7, 11) is 0. The van der Waals surface area contributed by atoms with Crippen LogP contribution < -0.4 is 0 Å². The number of aromatic hydroxyl groups is 1. The molecule has 0 bridgehead atoms. The molecule has 0 heterocycles. The van der Waals surface area contributed by atoms with E-state index in [0.717, 1.165) is 5.56 Å². The van der Waals surface area contributed by atoms with Gasteiger partial charge in [0, 0.05) is 0 Å². The molecule has 5 heteroatoms. The number of aliphatic hydroxyl groups excluding tert-OH is 1. The van der Waals surface area contributed by atoms with Gasteiger partial charge in [0.05, 0.1) is 6.61 Å². The number of hydrogen-bond donors (Lipinski definition) is 2. The van der Waals surface area contributed by atoms with E-state index in [1.54, 1.807) is 25.1 Å². The van der Waals surface area contributed by atoms with Crippen LogP contribution in [0.15, 0.2) is 78.1 Å². The molecule has 0 aromatic heterocycles. The van der Waals surface area contributed by atoms with Crippen molar-refractivity contribution in [1.29, 1.82) is 0 Å². The maximum Gasteiger partial charge on any atom is 0.345 e. The lowest BCUT2D eigenvalue weighted by Crippen LogP contribution is -2.16. The standard InChI is InChI=1S/C22H20O5/c1-2-27-22(26)21(19(24)14-10-16-6-4-3-5-7-16)20(25)15-11-17-8-12-18(23)13-9-17/h3-15,23-24H,2H2,1H3/b14-10+,15-11+,21-19+. The Morgan fingerprint density at radius 1 is 0.926 bits per heavy atom. The second-order valence-corrected chi connectivity index (χ2v) is 5.51. The van der Waals surface area contributed by atoms with Gasteiger partial charge in [-0.1, -0.05) is 54.6 Å². The number of esters is 1.